The minimum atomic E-state index is -3.68. The Morgan fingerprint density at radius 2 is 2.11 bits per heavy atom. The molecule has 8 heteroatoms. The molecule has 3 rings (SSSR count). The van der Waals surface area contributed by atoms with Crippen molar-refractivity contribution in [2.75, 3.05) is 13.2 Å². The SMILES string of the molecule is O=C(O)c1cc(S(=O)(=O)NC2COC2)cn1C1CC1. The van der Waals surface area contributed by atoms with Crippen LogP contribution in [0.5, 0.6) is 0 Å². The maximum Gasteiger partial charge on any atom is 0.352 e. The molecular weight excluding hydrogens is 272 g/mol. The molecule has 0 atom stereocenters. The van der Waals surface area contributed by atoms with Crippen molar-refractivity contribution in [3.8, 4) is 0 Å². The Morgan fingerprint density at radius 3 is 2.58 bits per heavy atom. The number of nitrogens with one attached hydrogen (secondary N) is 1. The van der Waals surface area contributed by atoms with Crippen LogP contribution in [0.25, 0.3) is 0 Å². The lowest BCUT2D eigenvalue weighted by molar-refractivity contribution is 0.00482. The fourth-order valence-corrected chi connectivity index (χ4v) is 3.25. The van der Waals surface area contributed by atoms with Gasteiger partial charge >= 0.3 is 5.97 Å². The fraction of sp³-hybridized carbons (Fsp3) is 0.545. The van der Waals surface area contributed by atoms with Crippen LogP contribution in [0.15, 0.2) is 17.2 Å². The van der Waals surface area contributed by atoms with Gasteiger partial charge in [-0.05, 0) is 18.9 Å². The summed E-state index contributed by atoms with van der Waals surface area (Å²) in [6.45, 7) is 0.711. The number of sulfonamides is 1. The van der Waals surface area contributed by atoms with Crippen LogP contribution in [0, 0.1) is 0 Å². The molecule has 1 aromatic rings. The van der Waals surface area contributed by atoms with E-state index in [4.69, 9.17) is 9.84 Å². The summed E-state index contributed by atoms with van der Waals surface area (Å²) in [5.74, 6) is -1.11. The third-order valence-electron chi connectivity index (χ3n) is 3.25. The highest BCUT2D eigenvalue weighted by Gasteiger charge is 2.32. The third-order valence-corrected chi connectivity index (χ3v) is 4.74. The smallest absolute Gasteiger partial charge is 0.352 e. The maximum absolute atomic E-state index is 12.1. The zero-order valence-electron chi connectivity index (χ0n) is 10.1. The van der Waals surface area contributed by atoms with Gasteiger partial charge in [0, 0.05) is 12.2 Å². The van der Waals surface area contributed by atoms with Crippen LogP contribution in [-0.2, 0) is 14.8 Å². The predicted octanol–water partition coefficient (Wildman–Crippen LogP) is 0.198. The van der Waals surface area contributed by atoms with Crippen LogP contribution >= 0.6 is 0 Å². The van der Waals surface area contributed by atoms with Crippen molar-refractivity contribution >= 4 is 16.0 Å². The molecule has 1 aromatic heterocycles. The van der Waals surface area contributed by atoms with E-state index in [0.717, 1.165) is 12.8 Å². The molecule has 0 spiro atoms. The quantitative estimate of drug-likeness (QED) is 0.805. The Bertz CT molecular complexity index is 613. The molecule has 104 valence electrons. The molecule has 0 amide bonds. The number of carbonyl (C=O) groups is 1. The fourth-order valence-electron chi connectivity index (χ4n) is 2.02. The van der Waals surface area contributed by atoms with Gasteiger partial charge in [0.05, 0.1) is 19.3 Å². The number of aromatic nitrogens is 1. The molecule has 1 saturated carbocycles. The number of ether oxygens (including phenoxy) is 1. The van der Waals surface area contributed by atoms with Crippen LogP contribution in [0.4, 0.5) is 0 Å². The summed E-state index contributed by atoms with van der Waals surface area (Å²) >= 11 is 0. The second-order valence-electron chi connectivity index (χ2n) is 4.86. The first kappa shape index (κ1) is 12.6. The highest BCUT2D eigenvalue weighted by molar-refractivity contribution is 7.89. The van der Waals surface area contributed by atoms with Crippen molar-refractivity contribution in [1.29, 1.82) is 0 Å². The van der Waals surface area contributed by atoms with Crippen LogP contribution < -0.4 is 4.72 Å². The van der Waals surface area contributed by atoms with Crippen LogP contribution in [0.3, 0.4) is 0 Å². The lowest BCUT2D eigenvalue weighted by Crippen LogP contribution is -2.48. The largest absolute Gasteiger partial charge is 0.477 e. The third kappa shape index (κ3) is 2.38. The molecule has 1 aliphatic carbocycles. The Hall–Kier alpha value is -1.38. The van der Waals surface area contributed by atoms with E-state index in [1.165, 1.54) is 16.8 Å². The lowest BCUT2D eigenvalue weighted by atomic mass is 10.3. The van der Waals surface area contributed by atoms with E-state index in [2.05, 4.69) is 4.72 Å². The summed E-state index contributed by atoms with van der Waals surface area (Å²) in [7, 11) is -3.68. The summed E-state index contributed by atoms with van der Waals surface area (Å²) in [5.41, 5.74) is 0.0211. The molecular formula is C11H14N2O5S. The zero-order chi connectivity index (χ0) is 13.6. The highest BCUT2D eigenvalue weighted by atomic mass is 32.2. The van der Waals surface area contributed by atoms with E-state index in [9.17, 15) is 13.2 Å². The normalized spacial score (nSPS) is 20.2. The molecule has 1 aliphatic heterocycles. The molecule has 0 unspecified atom stereocenters. The van der Waals surface area contributed by atoms with Gasteiger partial charge in [-0.15, -0.1) is 0 Å². The summed E-state index contributed by atoms with van der Waals surface area (Å²) in [4.78, 5) is 11.1. The molecule has 0 bridgehead atoms. The number of carboxylic acid groups (broad SMARTS) is 1. The van der Waals surface area contributed by atoms with E-state index < -0.39 is 16.0 Å². The van der Waals surface area contributed by atoms with Gasteiger partial charge < -0.3 is 14.4 Å². The molecule has 2 fully saturated rings. The van der Waals surface area contributed by atoms with Crippen molar-refractivity contribution < 1.29 is 23.1 Å². The van der Waals surface area contributed by atoms with Gasteiger partial charge in [-0.1, -0.05) is 0 Å². The summed E-state index contributed by atoms with van der Waals surface area (Å²) < 4.78 is 33.1. The minimum absolute atomic E-state index is 0.00343. The molecule has 1 saturated heterocycles. The van der Waals surface area contributed by atoms with Crippen LogP contribution in [0.2, 0.25) is 0 Å². The van der Waals surface area contributed by atoms with Gasteiger partial charge in [-0.3, -0.25) is 0 Å². The number of carboxylic acids is 1. The average Bonchev–Trinajstić information content (AvgIpc) is 3.02. The predicted molar refractivity (Wildman–Crippen MR) is 64.6 cm³/mol. The van der Waals surface area contributed by atoms with Crippen molar-refractivity contribution in [3.63, 3.8) is 0 Å². The summed E-state index contributed by atoms with van der Waals surface area (Å²) in [6.07, 6.45) is 3.18. The van der Waals surface area contributed by atoms with Crippen molar-refractivity contribution in [2.24, 2.45) is 0 Å². The topological polar surface area (TPSA) is 97.6 Å². The van der Waals surface area contributed by atoms with E-state index >= 15 is 0 Å². The first-order valence-electron chi connectivity index (χ1n) is 6.02. The first-order valence-corrected chi connectivity index (χ1v) is 7.51. The highest BCUT2D eigenvalue weighted by Crippen LogP contribution is 2.37. The number of hydrogen-bond donors (Lipinski definition) is 2. The molecule has 19 heavy (non-hydrogen) atoms. The van der Waals surface area contributed by atoms with E-state index in [1.807, 2.05) is 0 Å². The van der Waals surface area contributed by atoms with Crippen molar-refractivity contribution in [1.82, 2.24) is 9.29 Å². The summed E-state index contributed by atoms with van der Waals surface area (Å²) in [6, 6.07) is 1.10. The monoisotopic (exact) mass is 286 g/mol. The molecule has 2 heterocycles. The molecule has 7 nitrogen and oxygen atoms in total. The van der Waals surface area contributed by atoms with E-state index in [-0.39, 0.29) is 22.7 Å². The van der Waals surface area contributed by atoms with Gasteiger partial charge in [0.1, 0.15) is 10.6 Å². The second kappa shape index (κ2) is 4.32. The number of aromatic carboxylic acids is 1. The number of nitrogens with zero attached hydrogens (tertiary/aromatic N) is 1. The van der Waals surface area contributed by atoms with Gasteiger partial charge in [0.15, 0.2) is 0 Å². The Morgan fingerprint density at radius 1 is 1.42 bits per heavy atom. The first-order chi connectivity index (χ1) is 8.97. The maximum atomic E-state index is 12.1. The molecule has 0 radical (unpaired) electrons. The average molecular weight is 286 g/mol. The zero-order valence-corrected chi connectivity index (χ0v) is 10.9. The Kier molecular flexibility index (Phi) is 2.88. The standard InChI is InChI=1S/C11H14N2O5S/c14-11(15)10-3-9(4-13(10)8-1-2-8)19(16,17)12-7-5-18-6-7/h3-4,7-8,12H,1-2,5-6H2,(H,14,15). The van der Waals surface area contributed by atoms with Crippen LogP contribution in [-0.4, -0.2) is 43.3 Å². The van der Waals surface area contributed by atoms with Crippen LogP contribution in [0.1, 0.15) is 29.4 Å². The van der Waals surface area contributed by atoms with Gasteiger partial charge in [-0.2, -0.15) is 0 Å². The Labute approximate surface area is 110 Å². The number of hydrogen-bond acceptors (Lipinski definition) is 4. The van der Waals surface area contributed by atoms with Gasteiger partial charge in [0.2, 0.25) is 10.0 Å². The van der Waals surface area contributed by atoms with Crippen molar-refractivity contribution in [3.05, 3.63) is 18.0 Å². The van der Waals surface area contributed by atoms with Crippen molar-refractivity contribution in [2.45, 2.75) is 29.8 Å². The summed E-state index contributed by atoms with van der Waals surface area (Å²) in [5, 5.41) is 9.10. The van der Waals surface area contributed by atoms with Gasteiger partial charge in [0.25, 0.3) is 0 Å². The number of rotatable bonds is 5. The van der Waals surface area contributed by atoms with Gasteiger partial charge in [-0.25, -0.2) is 17.9 Å². The second-order valence-corrected chi connectivity index (χ2v) is 6.57. The molecule has 2 aliphatic rings. The molecule has 0 aromatic carbocycles. The minimum Gasteiger partial charge on any atom is -0.477 e. The van der Waals surface area contributed by atoms with E-state index in [0.29, 0.717) is 13.2 Å². The van der Waals surface area contributed by atoms with E-state index in [1.54, 1.807) is 0 Å². The molecule has 2 N–H and O–H groups in total. The lowest BCUT2D eigenvalue weighted by Gasteiger charge is -2.26. The Balaban J connectivity index is 1.91.